The number of hydrogen-bond donors (Lipinski definition) is 0. The summed E-state index contributed by atoms with van der Waals surface area (Å²) in [5.41, 5.74) is 3.88. The quantitative estimate of drug-likeness (QED) is 0.581. The van der Waals surface area contributed by atoms with Crippen molar-refractivity contribution in [1.29, 1.82) is 0 Å². The summed E-state index contributed by atoms with van der Waals surface area (Å²) in [7, 11) is -3.99. The Morgan fingerprint density at radius 2 is 1.56 bits per heavy atom. The van der Waals surface area contributed by atoms with E-state index in [0.29, 0.717) is 37.7 Å². The maximum atomic E-state index is 13.9. The molecule has 0 saturated heterocycles. The zero-order valence-electron chi connectivity index (χ0n) is 18.5. The predicted octanol–water partition coefficient (Wildman–Crippen LogP) is 3.16. The van der Waals surface area contributed by atoms with Crippen LogP contribution in [0, 0.1) is 0 Å². The standard InChI is InChI=1S/C26H24N2O5S/c29-26(27-12-11-18-5-3-4-8-22(18)27)23-15-19-6-1-2-7-20(19)17-28(23)34(30,31)21-9-10-24-25(16-21)33-14-13-32-24/h1-10,16,23H,11-15,17H2/t23-/m1/s1. The number of fused-ring (bicyclic) bond motifs is 3. The average molecular weight is 477 g/mol. The molecule has 0 N–H and O–H groups in total. The van der Waals surface area contributed by atoms with E-state index in [1.54, 1.807) is 11.0 Å². The first-order valence-corrected chi connectivity index (χ1v) is 12.8. The molecule has 0 radical (unpaired) electrons. The van der Waals surface area contributed by atoms with E-state index in [9.17, 15) is 13.2 Å². The van der Waals surface area contributed by atoms with Crippen molar-refractivity contribution in [2.24, 2.45) is 0 Å². The molecule has 3 aromatic carbocycles. The molecule has 0 bridgehead atoms. The SMILES string of the molecule is O=C([C@H]1Cc2ccccc2CN1S(=O)(=O)c1ccc2c(c1)OCCO2)N1CCc2ccccc21. The molecule has 3 aliphatic rings. The van der Waals surface area contributed by atoms with E-state index in [1.807, 2.05) is 48.5 Å². The molecule has 0 fully saturated rings. The second kappa shape index (κ2) is 8.14. The minimum absolute atomic E-state index is 0.0933. The first-order chi connectivity index (χ1) is 16.5. The molecule has 7 nitrogen and oxygen atoms in total. The van der Waals surface area contributed by atoms with Crippen molar-refractivity contribution in [2.45, 2.75) is 30.3 Å². The Balaban J connectivity index is 1.40. The first-order valence-electron chi connectivity index (χ1n) is 11.4. The van der Waals surface area contributed by atoms with Gasteiger partial charge >= 0.3 is 0 Å². The third kappa shape index (κ3) is 3.45. The Labute approximate surface area is 198 Å². The van der Waals surface area contributed by atoms with Crippen LogP contribution in [0.1, 0.15) is 16.7 Å². The molecule has 0 aromatic heterocycles. The molecule has 3 aromatic rings. The smallest absolute Gasteiger partial charge is 0.245 e. The van der Waals surface area contributed by atoms with Crippen LogP contribution < -0.4 is 14.4 Å². The van der Waals surface area contributed by atoms with Crippen molar-refractivity contribution < 1.29 is 22.7 Å². The summed E-state index contributed by atoms with van der Waals surface area (Å²) in [6.45, 7) is 1.48. The van der Waals surface area contributed by atoms with Gasteiger partial charge in [-0.1, -0.05) is 42.5 Å². The number of para-hydroxylation sites is 1. The molecule has 174 valence electrons. The number of hydrogen-bond acceptors (Lipinski definition) is 5. The number of nitrogens with zero attached hydrogens (tertiary/aromatic N) is 2. The molecule has 6 rings (SSSR count). The van der Waals surface area contributed by atoms with Crippen LogP contribution in [0.15, 0.2) is 71.6 Å². The fraction of sp³-hybridized carbons (Fsp3) is 0.269. The van der Waals surface area contributed by atoms with Crippen molar-refractivity contribution in [3.63, 3.8) is 0 Å². The molecule has 3 aliphatic heterocycles. The summed E-state index contributed by atoms with van der Waals surface area (Å²) in [6.07, 6.45) is 1.09. The van der Waals surface area contributed by atoms with Crippen LogP contribution in [0.4, 0.5) is 5.69 Å². The first kappa shape index (κ1) is 21.2. The fourth-order valence-electron chi connectivity index (χ4n) is 5.03. The molecular formula is C26H24N2O5S. The molecule has 0 saturated carbocycles. The number of ether oxygens (including phenoxy) is 2. The fourth-order valence-corrected chi connectivity index (χ4v) is 6.60. The van der Waals surface area contributed by atoms with Crippen molar-refractivity contribution >= 4 is 21.6 Å². The lowest BCUT2D eigenvalue weighted by Crippen LogP contribution is -2.53. The van der Waals surface area contributed by atoms with Gasteiger partial charge in [-0.05, 0) is 47.7 Å². The van der Waals surface area contributed by atoms with Gasteiger partial charge in [0, 0.05) is 24.8 Å². The summed E-state index contributed by atoms with van der Waals surface area (Å²) in [4.78, 5) is 15.7. The van der Waals surface area contributed by atoms with Crippen LogP contribution in [0.2, 0.25) is 0 Å². The highest BCUT2D eigenvalue weighted by atomic mass is 32.2. The van der Waals surface area contributed by atoms with Gasteiger partial charge in [-0.3, -0.25) is 4.79 Å². The highest BCUT2D eigenvalue weighted by molar-refractivity contribution is 7.89. The molecule has 34 heavy (non-hydrogen) atoms. The molecule has 0 unspecified atom stereocenters. The number of rotatable bonds is 3. The normalized spacial score (nSPS) is 19.4. The summed E-state index contributed by atoms with van der Waals surface area (Å²) in [5.74, 6) is 0.733. The predicted molar refractivity (Wildman–Crippen MR) is 127 cm³/mol. The molecular weight excluding hydrogens is 452 g/mol. The monoisotopic (exact) mass is 476 g/mol. The zero-order chi connectivity index (χ0) is 23.3. The van der Waals surface area contributed by atoms with Gasteiger partial charge in [0.15, 0.2) is 11.5 Å². The van der Waals surface area contributed by atoms with Crippen molar-refractivity contribution in [2.75, 3.05) is 24.7 Å². The maximum Gasteiger partial charge on any atom is 0.245 e. The van der Waals surface area contributed by atoms with E-state index in [2.05, 4.69) is 0 Å². The zero-order valence-corrected chi connectivity index (χ0v) is 19.3. The van der Waals surface area contributed by atoms with E-state index in [1.165, 1.54) is 16.4 Å². The third-order valence-corrected chi connectivity index (χ3v) is 8.61. The van der Waals surface area contributed by atoms with Crippen LogP contribution in [0.5, 0.6) is 11.5 Å². The second-order valence-corrected chi connectivity index (χ2v) is 10.6. The van der Waals surface area contributed by atoms with Crippen molar-refractivity contribution in [3.8, 4) is 11.5 Å². The van der Waals surface area contributed by atoms with E-state index in [-0.39, 0.29) is 17.3 Å². The minimum Gasteiger partial charge on any atom is -0.486 e. The Morgan fingerprint density at radius 3 is 2.38 bits per heavy atom. The molecule has 8 heteroatoms. The Morgan fingerprint density at radius 1 is 0.853 bits per heavy atom. The maximum absolute atomic E-state index is 13.9. The van der Waals surface area contributed by atoms with Gasteiger partial charge in [-0.2, -0.15) is 4.31 Å². The largest absolute Gasteiger partial charge is 0.486 e. The lowest BCUT2D eigenvalue weighted by atomic mass is 9.95. The van der Waals surface area contributed by atoms with Gasteiger partial charge in [-0.25, -0.2) is 8.42 Å². The van der Waals surface area contributed by atoms with Crippen LogP contribution in [0.25, 0.3) is 0 Å². The number of carbonyl (C=O) groups is 1. The average Bonchev–Trinajstić information content (AvgIpc) is 3.31. The number of sulfonamides is 1. The van der Waals surface area contributed by atoms with Gasteiger partial charge in [0.2, 0.25) is 15.9 Å². The molecule has 1 amide bonds. The van der Waals surface area contributed by atoms with Crippen LogP contribution in [-0.4, -0.2) is 44.4 Å². The lowest BCUT2D eigenvalue weighted by molar-refractivity contribution is -0.122. The van der Waals surface area contributed by atoms with E-state index in [0.717, 1.165) is 28.8 Å². The van der Waals surface area contributed by atoms with Crippen LogP contribution in [-0.2, 0) is 34.2 Å². The van der Waals surface area contributed by atoms with E-state index >= 15 is 0 Å². The summed E-state index contributed by atoms with van der Waals surface area (Å²) >= 11 is 0. The minimum atomic E-state index is -3.99. The summed E-state index contributed by atoms with van der Waals surface area (Å²) in [6, 6.07) is 19.3. The molecule has 0 spiro atoms. The van der Waals surface area contributed by atoms with Crippen molar-refractivity contribution in [1.82, 2.24) is 4.31 Å². The Kier molecular flexibility index (Phi) is 5.08. The number of anilines is 1. The highest BCUT2D eigenvalue weighted by Crippen LogP contribution is 2.37. The molecule has 1 atom stereocenters. The van der Waals surface area contributed by atoms with Gasteiger partial charge in [0.05, 0.1) is 4.90 Å². The number of amides is 1. The highest BCUT2D eigenvalue weighted by Gasteiger charge is 2.42. The van der Waals surface area contributed by atoms with E-state index in [4.69, 9.17) is 9.47 Å². The lowest BCUT2D eigenvalue weighted by Gasteiger charge is -2.37. The van der Waals surface area contributed by atoms with E-state index < -0.39 is 16.1 Å². The van der Waals surface area contributed by atoms with Gasteiger partial charge < -0.3 is 14.4 Å². The second-order valence-electron chi connectivity index (χ2n) is 8.71. The number of carbonyl (C=O) groups excluding carboxylic acids is 1. The summed E-state index contributed by atoms with van der Waals surface area (Å²) < 4.78 is 40.3. The van der Waals surface area contributed by atoms with Crippen LogP contribution >= 0.6 is 0 Å². The van der Waals surface area contributed by atoms with Gasteiger partial charge in [-0.15, -0.1) is 0 Å². The van der Waals surface area contributed by atoms with Gasteiger partial charge in [0.1, 0.15) is 19.3 Å². The Bertz CT molecular complexity index is 1390. The summed E-state index contributed by atoms with van der Waals surface area (Å²) in [5, 5.41) is 0. The molecule has 3 heterocycles. The van der Waals surface area contributed by atoms with Gasteiger partial charge in [0.25, 0.3) is 0 Å². The topological polar surface area (TPSA) is 76.2 Å². The van der Waals surface area contributed by atoms with Crippen LogP contribution in [0.3, 0.4) is 0 Å². The third-order valence-electron chi connectivity index (χ3n) is 6.76. The van der Waals surface area contributed by atoms with Crippen molar-refractivity contribution in [3.05, 3.63) is 83.4 Å². The Hall–Kier alpha value is -3.36. The number of benzene rings is 3. The molecule has 0 aliphatic carbocycles.